The van der Waals surface area contributed by atoms with Crippen LogP contribution in [0.2, 0.25) is 5.02 Å². The van der Waals surface area contributed by atoms with Gasteiger partial charge in [-0.15, -0.1) is 0 Å². The average molecular weight is 305 g/mol. The third-order valence-corrected chi connectivity index (χ3v) is 5.00. The Bertz CT molecular complexity index is 722. The molecule has 0 bridgehead atoms. The molecular weight excluding hydrogens is 288 g/mol. The van der Waals surface area contributed by atoms with Crippen LogP contribution in [0.25, 0.3) is 11.0 Å². The molecule has 1 saturated heterocycles. The summed E-state index contributed by atoms with van der Waals surface area (Å²) in [5.74, 6) is 0.398. The number of carbonyl (C=O) groups excluding carboxylic acids is 1. The molecule has 21 heavy (non-hydrogen) atoms. The van der Waals surface area contributed by atoms with Gasteiger partial charge in [0, 0.05) is 30.2 Å². The number of nitrogens with zero attached hydrogens (tertiary/aromatic N) is 3. The number of likely N-dealkylation sites (N-methyl/N-ethyl adjacent to an activating group) is 1. The number of benzene rings is 1. The summed E-state index contributed by atoms with van der Waals surface area (Å²) < 4.78 is 0. The number of halogens is 1. The van der Waals surface area contributed by atoms with Crippen molar-refractivity contribution in [1.29, 1.82) is 0 Å². The van der Waals surface area contributed by atoms with E-state index in [1.54, 1.807) is 12.1 Å². The Morgan fingerprint density at radius 1 is 1.38 bits per heavy atom. The van der Waals surface area contributed by atoms with Gasteiger partial charge in [-0.05, 0) is 38.1 Å². The van der Waals surface area contributed by atoms with Gasteiger partial charge in [0.05, 0.1) is 11.0 Å². The number of hydrogen-bond donors (Lipinski definition) is 1. The number of piperazine rings is 1. The van der Waals surface area contributed by atoms with Crippen LogP contribution in [-0.4, -0.2) is 57.9 Å². The summed E-state index contributed by atoms with van der Waals surface area (Å²) in [6, 6.07) is 5.42. The zero-order valence-corrected chi connectivity index (χ0v) is 12.7. The molecule has 2 aromatic rings. The smallest absolute Gasteiger partial charge is 0.289 e. The Balaban J connectivity index is 1.61. The van der Waals surface area contributed by atoms with Gasteiger partial charge in [0.15, 0.2) is 5.82 Å². The number of aromatic amines is 1. The molecule has 1 aliphatic heterocycles. The Kier molecular flexibility index (Phi) is 2.78. The van der Waals surface area contributed by atoms with Gasteiger partial charge in [-0.1, -0.05) is 11.6 Å². The van der Waals surface area contributed by atoms with E-state index in [1.165, 1.54) is 12.8 Å². The molecule has 6 heteroatoms. The highest BCUT2D eigenvalue weighted by Gasteiger charge is 2.50. The fourth-order valence-corrected chi connectivity index (χ4v) is 3.33. The predicted octanol–water partition coefficient (Wildman–Crippen LogP) is 2.14. The normalized spacial score (nSPS) is 21.1. The van der Waals surface area contributed by atoms with Crippen molar-refractivity contribution in [3.05, 3.63) is 29.0 Å². The third kappa shape index (κ3) is 2.12. The van der Waals surface area contributed by atoms with Gasteiger partial charge in [0.2, 0.25) is 0 Å². The molecule has 1 N–H and O–H groups in total. The Hall–Kier alpha value is -1.59. The van der Waals surface area contributed by atoms with Crippen LogP contribution in [-0.2, 0) is 0 Å². The van der Waals surface area contributed by atoms with Crippen LogP contribution in [0.4, 0.5) is 0 Å². The average Bonchev–Trinajstić information content (AvgIpc) is 3.11. The summed E-state index contributed by atoms with van der Waals surface area (Å²) in [6.45, 7) is 2.49. The molecule has 1 spiro atoms. The Morgan fingerprint density at radius 3 is 2.95 bits per heavy atom. The second kappa shape index (κ2) is 4.45. The Labute approximate surface area is 127 Å². The number of nitrogens with one attached hydrogen (secondary N) is 1. The quantitative estimate of drug-likeness (QED) is 0.878. The van der Waals surface area contributed by atoms with Crippen molar-refractivity contribution in [3.63, 3.8) is 0 Å². The summed E-state index contributed by atoms with van der Waals surface area (Å²) >= 11 is 5.97. The molecule has 1 aromatic heterocycles. The molecular formula is C15H17ClN4O. The van der Waals surface area contributed by atoms with Crippen LogP contribution in [0.15, 0.2) is 18.2 Å². The van der Waals surface area contributed by atoms with Gasteiger partial charge in [0.25, 0.3) is 5.91 Å². The highest BCUT2D eigenvalue weighted by Crippen LogP contribution is 2.43. The van der Waals surface area contributed by atoms with E-state index < -0.39 is 0 Å². The zero-order valence-electron chi connectivity index (χ0n) is 11.9. The van der Waals surface area contributed by atoms with Gasteiger partial charge in [-0.2, -0.15) is 0 Å². The maximum atomic E-state index is 12.7. The van der Waals surface area contributed by atoms with Crippen molar-refractivity contribution in [2.24, 2.45) is 0 Å². The number of amides is 1. The summed E-state index contributed by atoms with van der Waals surface area (Å²) in [5, 5.41) is 0.640. The molecule has 4 rings (SSSR count). The molecule has 2 fully saturated rings. The van der Waals surface area contributed by atoms with Gasteiger partial charge in [0.1, 0.15) is 0 Å². The minimum absolute atomic E-state index is 0.0123. The highest BCUT2D eigenvalue weighted by molar-refractivity contribution is 6.31. The van der Waals surface area contributed by atoms with Crippen molar-refractivity contribution < 1.29 is 4.79 Å². The molecule has 1 saturated carbocycles. The summed E-state index contributed by atoms with van der Waals surface area (Å²) in [5.41, 5.74) is 1.81. The van der Waals surface area contributed by atoms with Gasteiger partial charge in [-0.25, -0.2) is 4.98 Å². The maximum absolute atomic E-state index is 12.7. The maximum Gasteiger partial charge on any atom is 0.289 e. The summed E-state index contributed by atoms with van der Waals surface area (Å²) in [6.07, 6.45) is 2.37. The summed E-state index contributed by atoms with van der Waals surface area (Å²) in [4.78, 5) is 24.5. The predicted molar refractivity (Wildman–Crippen MR) is 81.6 cm³/mol. The topological polar surface area (TPSA) is 52.2 Å². The standard InChI is InChI=1S/C15H17ClN4O/c1-19-6-7-20(9-15(19)4-5-15)14(21)13-17-11-3-2-10(16)8-12(11)18-13/h2-3,8H,4-7,9H2,1H3,(H,17,18). The van der Waals surface area contributed by atoms with Crippen molar-refractivity contribution in [3.8, 4) is 0 Å². The molecule has 1 amide bonds. The number of H-pyrrole nitrogens is 1. The second-order valence-corrected chi connectivity index (χ2v) is 6.56. The van der Waals surface area contributed by atoms with E-state index in [9.17, 15) is 4.79 Å². The van der Waals surface area contributed by atoms with Crippen molar-refractivity contribution in [1.82, 2.24) is 19.8 Å². The Morgan fingerprint density at radius 2 is 2.19 bits per heavy atom. The van der Waals surface area contributed by atoms with Crippen LogP contribution < -0.4 is 0 Å². The fraction of sp³-hybridized carbons (Fsp3) is 0.467. The molecule has 2 aliphatic rings. The van der Waals surface area contributed by atoms with E-state index in [4.69, 9.17) is 11.6 Å². The van der Waals surface area contributed by atoms with Gasteiger partial charge >= 0.3 is 0 Å². The van der Waals surface area contributed by atoms with Crippen molar-refractivity contribution >= 4 is 28.5 Å². The van der Waals surface area contributed by atoms with Crippen LogP contribution in [0.3, 0.4) is 0 Å². The van der Waals surface area contributed by atoms with Gasteiger partial charge in [-0.3, -0.25) is 9.69 Å². The second-order valence-electron chi connectivity index (χ2n) is 6.12. The van der Waals surface area contributed by atoms with E-state index in [1.807, 2.05) is 11.0 Å². The lowest BCUT2D eigenvalue weighted by molar-refractivity contribution is 0.0488. The van der Waals surface area contributed by atoms with Crippen LogP contribution >= 0.6 is 11.6 Å². The van der Waals surface area contributed by atoms with E-state index in [-0.39, 0.29) is 11.4 Å². The van der Waals surface area contributed by atoms with E-state index in [0.717, 1.165) is 30.7 Å². The fourth-order valence-electron chi connectivity index (χ4n) is 3.15. The molecule has 1 aliphatic carbocycles. The first-order valence-electron chi connectivity index (χ1n) is 7.23. The van der Waals surface area contributed by atoms with E-state index in [2.05, 4.69) is 21.9 Å². The van der Waals surface area contributed by atoms with Gasteiger partial charge < -0.3 is 9.88 Å². The van der Waals surface area contributed by atoms with Crippen LogP contribution in [0, 0.1) is 0 Å². The first-order chi connectivity index (χ1) is 10.1. The number of rotatable bonds is 1. The molecule has 1 aromatic carbocycles. The molecule has 2 heterocycles. The van der Waals surface area contributed by atoms with Crippen molar-refractivity contribution in [2.45, 2.75) is 18.4 Å². The number of fused-ring (bicyclic) bond motifs is 1. The lowest BCUT2D eigenvalue weighted by Gasteiger charge is -2.39. The van der Waals surface area contributed by atoms with E-state index in [0.29, 0.717) is 10.8 Å². The first kappa shape index (κ1) is 13.1. The minimum atomic E-state index is -0.0123. The largest absolute Gasteiger partial charge is 0.334 e. The molecule has 0 unspecified atom stereocenters. The molecule has 110 valence electrons. The molecule has 0 radical (unpaired) electrons. The minimum Gasteiger partial charge on any atom is -0.334 e. The van der Waals surface area contributed by atoms with Crippen molar-refractivity contribution in [2.75, 3.05) is 26.7 Å². The lowest BCUT2D eigenvalue weighted by Crippen LogP contribution is -2.55. The highest BCUT2D eigenvalue weighted by atomic mass is 35.5. The molecule has 0 atom stereocenters. The summed E-state index contributed by atoms with van der Waals surface area (Å²) in [7, 11) is 2.15. The molecule has 5 nitrogen and oxygen atoms in total. The number of imidazole rings is 1. The van der Waals surface area contributed by atoms with Crippen LogP contribution in [0.1, 0.15) is 23.5 Å². The number of hydrogen-bond acceptors (Lipinski definition) is 3. The van der Waals surface area contributed by atoms with E-state index >= 15 is 0 Å². The number of carbonyl (C=O) groups is 1. The lowest BCUT2D eigenvalue weighted by atomic mass is 10.1. The number of aromatic nitrogens is 2. The third-order valence-electron chi connectivity index (χ3n) is 4.76. The first-order valence-corrected chi connectivity index (χ1v) is 7.61. The SMILES string of the molecule is CN1CCN(C(=O)c2nc3ccc(Cl)cc3[nH]2)CC12CC2. The monoisotopic (exact) mass is 304 g/mol. The van der Waals surface area contributed by atoms with Crippen LogP contribution in [0.5, 0.6) is 0 Å². The zero-order chi connectivity index (χ0) is 14.6.